The Morgan fingerprint density at radius 3 is 2.38 bits per heavy atom. The first-order valence-electron chi connectivity index (χ1n) is 5.48. The summed E-state index contributed by atoms with van der Waals surface area (Å²) in [5.74, 6) is 0.847. The van der Waals surface area contributed by atoms with Gasteiger partial charge in [-0.05, 0) is 24.2 Å². The predicted octanol–water partition coefficient (Wildman–Crippen LogP) is 2.13. The van der Waals surface area contributed by atoms with Crippen LogP contribution in [0, 0.1) is 11.3 Å². The molecule has 0 bridgehead atoms. The topological polar surface area (TPSA) is 32.3 Å². The Kier molecular flexibility index (Phi) is 4.20. The zero-order valence-corrected chi connectivity index (χ0v) is 8.97. The number of hydrogen-bond acceptors (Lipinski definition) is 2. The van der Waals surface area contributed by atoms with Gasteiger partial charge < -0.3 is 5.11 Å². The van der Waals surface area contributed by atoms with E-state index in [1.807, 2.05) is 0 Å². The first-order valence-corrected chi connectivity index (χ1v) is 5.48. The third-order valence-electron chi connectivity index (χ3n) is 3.40. The molecule has 0 heterocycles. The molecule has 1 rings (SSSR count). The third-order valence-corrected chi connectivity index (χ3v) is 3.40. The van der Waals surface area contributed by atoms with Crippen LogP contribution in [0.15, 0.2) is 0 Å². The van der Waals surface area contributed by atoms with E-state index in [0.717, 1.165) is 12.5 Å². The standard InChI is InChI=1S/C11H23NO/c1-11(2,8-12-9-13)10-6-4-3-5-7-10/h10,12-13H,3-9H2,1-2H3. The van der Waals surface area contributed by atoms with Gasteiger partial charge in [-0.1, -0.05) is 33.1 Å². The van der Waals surface area contributed by atoms with E-state index in [0.29, 0.717) is 5.41 Å². The normalized spacial score (nSPS) is 20.5. The summed E-state index contributed by atoms with van der Waals surface area (Å²) < 4.78 is 0. The molecule has 0 radical (unpaired) electrons. The van der Waals surface area contributed by atoms with Crippen molar-refractivity contribution in [1.29, 1.82) is 0 Å². The van der Waals surface area contributed by atoms with Crippen molar-refractivity contribution in [2.24, 2.45) is 11.3 Å². The first-order chi connectivity index (χ1) is 6.17. The maximum absolute atomic E-state index is 8.72. The van der Waals surface area contributed by atoms with Crippen molar-refractivity contribution in [1.82, 2.24) is 5.32 Å². The number of hydrogen-bond donors (Lipinski definition) is 2. The molecule has 0 saturated heterocycles. The van der Waals surface area contributed by atoms with Gasteiger partial charge in [0.15, 0.2) is 0 Å². The summed E-state index contributed by atoms with van der Waals surface area (Å²) in [5.41, 5.74) is 0.350. The van der Waals surface area contributed by atoms with Gasteiger partial charge in [0, 0.05) is 6.54 Å². The molecule has 1 aliphatic carbocycles. The number of aliphatic hydroxyl groups is 1. The summed E-state index contributed by atoms with van der Waals surface area (Å²) in [6.07, 6.45) is 6.96. The lowest BCUT2D eigenvalue weighted by Gasteiger charge is -2.37. The molecule has 1 fully saturated rings. The molecule has 0 spiro atoms. The predicted molar refractivity (Wildman–Crippen MR) is 55.4 cm³/mol. The smallest absolute Gasteiger partial charge is 0.0931 e. The molecule has 1 saturated carbocycles. The Hall–Kier alpha value is -0.0800. The Balaban J connectivity index is 2.36. The van der Waals surface area contributed by atoms with E-state index in [4.69, 9.17) is 5.11 Å². The second kappa shape index (κ2) is 4.97. The number of nitrogens with one attached hydrogen (secondary N) is 1. The molecular formula is C11H23NO. The van der Waals surface area contributed by atoms with Crippen LogP contribution in [0.1, 0.15) is 46.0 Å². The fourth-order valence-electron chi connectivity index (χ4n) is 2.41. The highest BCUT2D eigenvalue weighted by molar-refractivity contribution is 4.82. The largest absolute Gasteiger partial charge is 0.381 e. The Morgan fingerprint density at radius 2 is 1.85 bits per heavy atom. The molecule has 2 heteroatoms. The molecule has 2 nitrogen and oxygen atoms in total. The van der Waals surface area contributed by atoms with Gasteiger partial charge in [-0.15, -0.1) is 0 Å². The molecule has 0 aliphatic heterocycles. The van der Waals surface area contributed by atoms with E-state index >= 15 is 0 Å². The van der Waals surface area contributed by atoms with E-state index in [1.165, 1.54) is 32.1 Å². The van der Waals surface area contributed by atoms with Gasteiger partial charge in [0.05, 0.1) is 6.73 Å². The lowest BCUT2D eigenvalue weighted by atomic mass is 9.71. The molecule has 0 aromatic carbocycles. The Morgan fingerprint density at radius 1 is 1.23 bits per heavy atom. The van der Waals surface area contributed by atoms with Crippen LogP contribution in [-0.4, -0.2) is 18.4 Å². The van der Waals surface area contributed by atoms with Crippen molar-refractivity contribution in [3.63, 3.8) is 0 Å². The molecule has 0 unspecified atom stereocenters. The van der Waals surface area contributed by atoms with Gasteiger partial charge in [-0.3, -0.25) is 5.32 Å². The fourth-order valence-corrected chi connectivity index (χ4v) is 2.41. The summed E-state index contributed by atoms with van der Waals surface area (Å²) in [6.45, 7) is 5.67. The minimum atomic E-state index is 0.107. The van der Waals surface area contributed by atoms with Crippen LogP contribution >= 0.6 is 0 Å². The summed E-state index contributed by atoms with van der Waals surface area (Å²) in [6, 6.07) is 0. The molecule has 13 heavy (non-hydrogen) atoms. The highest BCUT2D eigenvalue weighted by Crippen LogP contribution is 2.37. The molecule has 0 amide bonds. The van der Waals surface area contributed by atoms with E-state index in [9.17, 15) is 0 Å². The molecule has 0 aromatic heterocycles. The summed E-state index contributed by atoms with van der Waals surface area (Å²) >= 11 is 0. The summed E-state index contributed by atoms with van der Waals surface area (Å²) in [7, 11) is 0. The monoisotopic (exact) mass is 185 g/mol. The SMILES string of the molecule is CC(C)(CNCO)C1CCCCC1. The number of rotatable bonds is 4. The second-order valence-corrected chi connectivity index (χ2v) is 4.91. The highest BCUT2D eigenvalue weighted by atomic mass is 16.3. The maximum Gasteiger partial charge on any atom is 0.0931 e. The van der Waals surface area contributed by atoms with Crippen LogP contribution in [0.3, 0.4) is 0 Å². The Bertz CT molecular complexity index is 139. The van der Waals surface area contributed by atoms with Crippen LogP contribution in [0.25, 0.3) is 0 Å². The van der Waals surface area contributed by atoms with Crippen molar-refractivity contribution in [2.45, 2.75) is 46.0 Å². The van der Waals surface area contributed by atoms with E-state index in [1.54, 1.807) is 0 Å². The molecule has 0 aromatic rings. The quantitative estimate of drug-likeness (QED) is 0.658. The zero-order valence-electron chi connectivity index (χ0n) is 8.97. The van der Waals surface area contributed by atoms with E-state index in [-0.39, 0.29) is 6.73 Å². The fraction of sp³-hybridized carbons (Fsp3) is 1.00. The van der Waals surface area contributed by atoms with Crippen molar-refractivity contribution in [2.75, 3.05) is 13.3 Å². The molecule has 2 N–H and O–H groups in total. The Labute approximate surface area is 81.7 Å². The van der Waals surface area contributed by atoms with Gasteiger partial charge >= 0.3 is 0 Å². The molecule has 0 atom stereocenters. The van der Waals surface area contributed by atoms with Crippen LogP contribution < -0.4 is 5.32 Å². The number of aliphatic hydroxyl groups excluding tert-OH is 1. The van der Waals surface area contributed by atoms with Gasteiger partial charge in [0.1, 0.15) is 0 Å². The molecule has 1 aliphatic rings. The molecular weight excluding hydrogens is 162 g/mol. The van der Waals surface area contributed by atoms with Gasteiger partial charge in [0.2, 0.25) is 0 Å². The van der Waals surface area contributed by atoms with Crippen LogP contribution in [0.4, 0.5) is 0 Å². The van der Waals surface area contributed by atoms with Crippen molar-refractivity contribution in [3.8, 4) is 0 Å². The summed E-state index contributed by atoms with van der Waals surface area (Å²) in [5, 5.41) is 11.8. The molecule has 78 valence electrons. The van der Waals surface area contributed by atoms with Crippen molar-refractivity contribution < 1.29 is 5.11 Å². The van der Waals surface area contributed by atoms with Crippen molar-refractivity contribution in [3.05, 3.63) is 0 Å². The lowest BCUT2D eigenvalue weighted by Crippen LogP contribution is -2.37. The second-order valence-electron chi connectivity index (χ2n) is 4.91. The minimum absolute atomic E-state index is 0.107. The summed E-state index contributed by atoms with van der Waals surface area (Å²) in [4.78, 5) is 0. The van der Waals surface area contributed by atoms with Crippen LogP contribution in [0.5, 0.6) is 0 Å². The van der Waals surface area contributed by atoms with E-state index in [2.05, 4.69) is 19.2 Å². The lowest BCUT2D eigenvalue weighted by molar-refractivity contribution is 0.137. The first kappa shape index (κ1) is 11.0. The van der Waals surface area contributed by atoms with Gasteiger partial charge in [-0.2, -0.15) is 0 Å². The average Bonchev–Trinajstić information content (AvgIpc) is 2.16. The zero-order chi connectivity index (χ0) is 9.73. The maximum atomic E-state index is 8.72. The van der Waals surface area contributed by atoms with Crippen molar-refractivity contribution >= 4 is 0 Å². The third kappa shape index (κ3) is 3.28. The average molecular weight is 185 g/mol. The highest BCUT2D eigenvalue weighted by Gasteiger charge is 2.29. The van der Waals surface area contributed by atoms with E-state index < -0.39 is 0 Å². The minimum Gasteiger partial charge on any atom is -0.381 e. The van der Waals surface area contributed by atoms with Crippen LogP contribution in [-0.2, 0) is 0 Å². The van der Waals surface area contributed by atoms with Gasteiger partial charge in [0.25, 0.3) is 0 Å². The van der Waals surface area contributed by atoms with Gasteiger partial charge in [-0.25, -0.2) is 0 Å². The van der Waals surface area contributed by atoms with Crippen LogP contribution in [0.2, 0.25) is 0 Å².